The lowest BCUT2D eigenvalue weighted by molar-refractivity contribution is -0.231. The number of hydrogen-bond donors (Lipinski definition) is 4. The van der Waals surface area contributed by atoms with Crippen molar-refractivity contribution in [1.29, 1.82) is 0 Å². The summed E-state index contributed by atoms with van der Waals surface area (Å²) in [5.74, 6) is 0.737. The molecule has 0 aromatic heterocycles. The molecule has 1 heterocycles. The fourth-order valence-corrected chi connectivity index (χ4v) is 4.61. The molecule has 0 unspecified atom stereocenters. The molecular weight excluding hydrogens is 384 g/mol. The van der Waals surface area contributed by atoms with Crippen LogP contribution in [0.2, 0.25) is 0 Å². The van der Waals surface area contributed by atoms with E-state index >= 15 is 0 Å². The number of aryl methyl sites for hydroxylation is 2. The van der Waals surface area contributed by atoms with Gasteiger partial charge in [-0.15, -0.1) is 0 Å². The highest BCUT2D eigenvalue weighted by Crippen LogP contribution is 2.35. The molecule has 0 amide bonds. The van der Waals surface area contributed by atoms with Crippen LogP contribution >= 0.6 is 0 Å². The highest BCUT2D eigenvalue weighted by molar-refractivity contribution is 5.43. The Morgan fingerprint density at radius 3 is 2.43 bits per heavy atom. The summed E-state index contributed by atoms with van der Waals surface area (Å²) in [7, 11) is 1.62. The van der Waals surface area contributed by atoms with Crippen LogP contribution in [0.15, 0.2) is 36.4 Å². The smallest absolute Gasteiger partial charge is 0.122 e. The van der Waals surface area contributed by atoms with Crippen molar-refractivity contribution in [3.05, 3.63) is 64.2 Å². The van der Waals surface area contributed by atoms with E-state index in [0.29, 0.717) is 12.0 Å². The predicted octanol–water partition coefficient (Wildman–Crippen LogP) is 1.68. The van der Waals surface area contributed by atoms with Crippen molar-refractivity contribution in [2.45, 2.75) is 62.6 Å². The third kappa shape index (κ3) is 4.11. The first-order valence-electron chi connectivity index (χ1n) is 10.6. The molecule has 4 rings (SSSR count). The summed E-state index contributed by atoms with van der Waals surface area (Å²) in [5, 5.41) is 40.1. The van der Waals surface area contributed by atoms with Gasteiger partial charge in [0.1, 0.15) is 36.3 Å². The molecular formula is C24H30O6. The molecule has 4 N–H and O–H groups in total. The lowest BCUT2D eigenvalue weighted by atomic mass is 9.88. The standard InChI is InChI=1S/C24H30O6/c1-29-19-9-8-17(24-23(28)22(27)21(26)20(13-25)30-24)12-18(19)11-14-6-7-15-4-2-3-5-16(15)10-14/h6-10,12,20-28H,2-5,11,13H2,1H3/t20-,21-,22+,23-,24+/m1/s1. The molecule has 2 aromatic carbocycles. The van der Waals surface area contributed by atoms with Gasteiger partial charge >= 0.3 is 0 Å². The summed E-state index contributed by atoms with van der Waals surface area (Å²) in [4.78, 5) is 0. The predicted molar refractivity (Wildman–Crippen MR) is 112 cm³/mol. The van der Waals surface area contributed by atoms with Gasteiger partial charge in [-0.3, -0.25) is 0 Å². The zero-order valence-corrected chi connectivity index (χ0v) is 17.2. The molecule has 0 saturated carbocycles. The maximum Gasteiger partial charge on any atom is 0.122 e. The highest BCUT2D eigenvalue weighted by Gasteiger charge is 2.44. The molecule has 2 aromatic rings. The molecule has 6 nitrogen and oxygen atoms in total. The zero-order chi connectivity index (χ0) is 21.3. The third-order valence-electron chi connectivity index (χ3n) is 6.33. The van der Waals surface area contributed by atoms with Crippen LogP contribution in [0.3, 0.4) is 0 Å². The fraction of sp³-hybridized carbons (Fsp3) is 0.500. The summed E-state index contributed by atoms with van der Waals surface area (Å²) in [6, 6.07) is 12.2. The summed E-state index contributed by atoms with van der Waals surface area (Å²) in [6.45, 7) is -0.445. The molecule has 6 heteroatoms. The number of fused-ring (bicyclic) bond motifs is 1. The van der Waals surface area contributed by atoms with Gasteiger partial charge < -0.3 is 29.9 Å². The SMILES string of the molecule is COc1ccc([C@@H]2O[C@H](CO)[C@@H](O)[C@H](O)[C@H]2O)cc1Cc1ccc2c(c1)CCCC2. The summed E-state index contributed by atoms with van der Waals surface area (Å²) < 4.78 is 11.3. The summed E-state index contributed by atoms with van der Waals surface area (Å²) in [5.41, 5.74) is 5.66. The van der Waals surface area contributed by atoms with Gasteiger partial charge in [0.05, 0.1) is 13.7 Å². The van der Waals surface area contributed by atoms with Gasteiger partial charge in [0.2, 0.25) is 0 Å². The first-order chi connectivity index (χ1) is 14.5. The maximum absolute atomic E-state index is 10.5. The van der Waals surface area contributed by atoms with E-state index in [0.717, 1.165) is 24.2 Å². The van der Waals surface area contributed by atoms with Crippen molar-refractivity contribution < 1.29 is 29.9 Å². The minimum absolute atomic E-state index is 0.445. The van der Waals surface area contributed by atoms with Crippen molar-refractivity contribution in [1.82, 2.24) is 0 Å². The lowest BCUT2D eigenvalue weighted by Crippen LogP contribution is -2.55. The Morgan fingerprint density at radius 2 is 1.70 bits per heavy atom. The van der Waals surface area contributed by atoms with E-state index in [9.17, 15) is 20.4 Å². The average Bonchev–Trinajstić information content (AvgIpc) is 2.77. The Hall–Kier alpha value is -1.96. The Morgan fingerprint density at radius 1 is 0.933 bits per heavy atom. The highest BCUT2D eigenvalue weighted by atomic mass is 16.5. The van der Waals surface area contributed by atoms with Crippen molar-refractivity contribution >= 4 is 0 Å². The molecule has 1 saturated heterocycles. The van der Waals surface area contributed by atoms with Gasteiger partial charge in [-0.25, -0.2) is 0 Å². The van der Waals surface area contributed by atoms with Crippen LogP contribution in [-0.4, -0.2) is 58.6 Å². The monoisotopic (exact) mass is 414 g/mol. The van der Waals surface area contributed by atoms with Crippen LogP contribution in [0.25, 0.3) is 0 Å². The molecule has 1 fully saturated rings. The Bertz CT molecular complexity index is 880. The van der Waals surface area contributed by atoms with Crippen molar-refractivity contribution in [3.63, 3.8) is 0 Å². The van der Waals surface area contributed by atoms with Crippen LogP contribution in [0, 0.1) is 0 Å². The summed E-state index contributed by atoms with van der Waals surface area (Å²) in [6.07, 6.45) is -0.436. The number of benzene rings is 2. The average molecular weight is 414 g/mol. The maximum atomic E-state index is 10.5. The van der Waals surface area contributed by atoms with E-state index in [2.05, 4.69) is 18.2 Å². The van der Waals surface area contributed by atoms with Gasteiger partial charge in [-0.2, -0.15) is 0 Å². The molecule has 30 heavy (non-hydrogen) atoms. The first-order valence-corrected chi connectivity index (χ1v) is 10.6. The van der Waals surface area contributed by atoms with Crippen molar-refractivity contribution in [3.8, 4) is 5.75 Å². The van der Waals surface area contributed by atoms with Crippen molar-refractivity contribution in [2.75, 3.05) is 13.7 Å². The molecule has 1 aliphatic carbocycles. The number of hydrogen-bond acceptors (Lipinski definition) is 6. The number of rotatable bonds is 5. The first kappa shape index (κ1) is 21.3. The van der Waals surface area contributed by atoms with E-state index in [1.165, 1.54) is 29.5 Å². The molecule has 0 bridgehead atoms. The van der Waals surface area contributed by atoms with E-state index in [1.54, 1.807) is 13.2 Å². The Kier molecular flexibility index (Phi) is 6.41. The second-order valence-corrected chi connectivity index (χ2v) is 8.31. The van der Waals surface area contributed by atoms with E-state index in [4.69, 9.17) is 9.47 Å². The van der Waals surface area contributed by atoms with Gasteiger partial charge in [-0.05, 0) is 65.6 Å². The van der Waals surface area contributed by atoms with E-state index in [-0.39, 0.29) is 0 Å². The minimum Gasteiger partial charge on any atom is -0.496 e. The van der Waals surface area contributed by atoms with Gasteiger partial charge in [0.15, 0.2) is 0 Å². The van der Waals surface area contributed by atoms with Crippen LogP contribution in [0.5, 0.6) is 5.75 Å². The number of ether oxygens (including phenoxy) is 2. The molecule has 0 spiro atoms. The van der Waals surface area contributed by atoms with Gasteiger partial charge in [-0.1, -0.05) is 24.3 Å². The van der Waals surface area contributed by atoms with Crippen LogP contribution in [0.1, 0.15) is 46.8 Å². The molecule has 162 valence electrons. The molecule has 0 radical (unpaired) electrons. The molecule has 2 aliphatic rings. The van der Waals surface area contributed by atoms with Gasteiger partial charge in [0, 0.05) is 6.42 Å². The minimum atomic E-state index is -1.40. The number of methoxy groups -OCH3 is 1. The second kappa shape index (κ2) is 9.04. The quantitative estimate of drug-likeness (QED) is 0.594. The van der Waals surface area contributed by atoms with Crippen LogP contribution in [-0.2, 0) is 24.0 Å². The zero-order valence-electron chi connectivity index (χ0n) is 17.2. The number of aliphatic hydroxyl groups excluding tert-OH is 4. The second-order valence-electron chi connectivity index (χ2n) is 8.31. The largest absolute Gasteiger partial charge is 0.496 e. The summed E-state index contributed by atoms with van der Waals surface area (Å²) >= 11 is 0. The molecule has 5 atom stereocenters. The van der Waals surface area contributed by atoms with E-state index < -0.39 is 37.1 Å². The van der Waals surface area contributed by atoms with Gasteiger partial charge in [0.25, 0.3) is 0 Å². The topological polar surface area (TPSA) is 99.4 Å². The third-order valence-corrected chi connectivity index (χ3v) is 6.33. The normalized spacial score (nSPS) is 28.8. The number of aliphatic hydroxyl groups is 4. The Balaban J connectivity index is 1.62. The van der Waals surface area contributed by atoms with E-state index in [1.807, 2.05) is 12.1 Å². The van der Waals surface area contributed by atoms with Crippen LogP contribution in [0.4, 0.5) is 0 Å². The van der Waals surface area contributed by atoms with Crippen LogP contribution < -0.4 is 4.74 Å². The Labute approximate surface area is 176 Å². The molecule has 1 aliphatic heterocycles. The van der Waals surface area contributed by atoms with Crippen molar-refractivity contribution in [2.24, 2.45) is 0 Å². The fourth-order valence-electron chi connectivity index (χ4n) is 4.61. The lowest BCUT2D eigenvalue weighted by Gasteiger charge is -2.40.